The molecular weight excluding hydrogens is 250 g/mol. The third-order valence-electron chi connectivity index (χ3n) is 2.65. The molecule has 0 fully saturated rings. The standard InChI is InChI=1S/C12H15N3O2S/c13-7-8-15-11-5-1-4-10-9(11)3-2-6-12(10)18(14,16)17/h1-6,15H,7-8,13H2,(H2,14,16,17). The van der Waals surface area contributed by atoms with E-state index in [1.807, 2.05) is 12.1 Å². The Labute approximate surface area is 106 Å². The molecule has 0 aliphatic rings. The maximum atomic E-state index is 11.5. The summed E-state index contributed by atoms with van der Waals surface area (Å²) >= 11 is 0. The lowest BCUT2D eigenvalue weighted by Gasteiger charge is -2.10. The molecule has 0 atom stereocenters. The van der Waals surface area contributed by atoms with Gasteiger partial charge in [0.2, 0.25) is 10.0 Å². The third-order valence-corrected chi connectivity index (χ3v) is 3.62. The summed E-state index contributed by atoms with van der Waals surface area (Å²) in [7, 11) is -3.72. The largest absolute Gasteiger partial charge is 0.383 e. The molecule has 0 radical (unpaired) electrons. The van der Waals surface area contributed by atoms with Crippen molar-refractivity contribution in [3.63, 3.8) is 0 Å². The highest BCUT2D eigenvalue weighted by atomic mass is 32.2. The minimum absolute atomic E-state index is 0.136. The first-order chi connectivity index (χ1) is 8.54. The number of sulfonamides is 1. The lowest BCUT2D eigenvalue weighted by Crippen LogP contribution is -2.14. The minimum Gasteiger partial charge on any atom is -0.383 e. The van der Waals surface area contributed by atoms with Crippen LogP contribution in [0.2, 0.25) is 0 Å². The first kappa shape index (κ1) is 12.8. The minimum atomic E-state index is -3.72. The maximum absolute atomic E-state index is 11.5. The van der Waals surface area contributed by atoms with Crippen molar-refractivity contribution < 1.29 is 8.42 Å². The van der Waals surface area contributed by atoms with Gasteiger partial charge in [-0.2, -0.15) is 0 Å². The molecule has 0 saturated heterocycles. The molecule has 2 aromatic rings. The van der Waals surface area contributed by atoms with Gasteiger partial charge in [0.05, 0.1) is 4.90 Å². The van der Waals surface area contributed by atoms with Gasteiger partial charge in [-0.3, -0.25) is 0 Å². The number of benzene rings is 2. The van der Waals surface area contributed by atoms with Gasteiger partial charge in [0, 0.05) is 29.5 Å². The predicted molar refractivity (Wildman–Crippen MR) is 72.9 cm³/mol. The Bertz CT molecular complexity index is 668. The van der Waals surface area contributed by atoms with Crippen LogP contribution in [-0.4, -0.2) is 21.5 Å². The number of fused-ring (bicyclic) bond motifs is 1. The molecule has 0 heterocycles. The van der Waals surface area contributed by atoms with Crippen molar-refractivity contribution in [3.05, 3.63) is 36.4 Å². The lowest BCUT2D eigenvalue weighted by molar-refractivity contribution is 0.598. The van der Waals surface area contributed by atoms with Crippen molar-refractivity contribution in [2.45, 2.75) is 4.90 Å². The highest BCUT2D eigenvalue weighted by molar-refractivity contribution is 7.89. The maximum Gasteiger partial charge on any atom is 0.238 e. The van der Waals surface area contributed by atoms with Crippen molar-refractivity contribution in [1.29, 1.82) is 0 Å². The molecule has 0 bridgehead atoms. The summed E-state index contributed by atoms with van der Waals surface area (Å²) in [6, 6.07) is 10.4. The van der Waals surface area contributed by atoms with Crippen LogP contribution >= 0.6 is 0 Å². The number of rotatable bonds is 4. The second kappa shape index (κ2) is 4.93. The van der Waals surface area contributed by atoms with E-state index < -0.39 is 10.0 Å². The van der Waals surface area contributed by atoms with E-state index in [1.165, 1.54) is 6.07 Å². The van der Waals surface area contributed by atoms with E-state index in [0.717, 1.165) is 11.1 Å². The van der Waals surface area contributed by atoms with Crippen LogP contribution in [0.1, 0.15) is 0 Å². The van der Waals surface area contributed by atoms with E-state index in [9.17, 15) is 8.42 Å². The molecule has 0 spiro atoms. The van der Waals surface area contributed by atoms with Gasteiger partial charge in [-0.15, -0.1) is 0 Å². The molecule has 5 N–H and O–H groups in total. The van der Waals surface area contributed by atoms with Gasteiger partial charge in [-0.25, -0.2) is 13.6 Å². The normalized spacial score (nSPS) is 11.7. The molecule has 6 heteroatoms. The number of primary sulfonamides is 1. The average molecular weight is 265 g/mol. The van der Waals surface area contributed by atoms with Gasteiger partial charge >= 0.3 is 0 Å². The second-order valence-electron chi connectivity index (χ2n) is 3.92. The zero-order valence-corrected chi connectivity index (χ0v) is 10.6. The van der Waals surface area contributed by atoms with Crippen LogP contribution in [0, 0.1) is 0 Å². The molecule has 0 aliphatic heterocycles. The molecule has 0 aromatic heterocycles. The summed E-state index contributed by atoms with van der Waals surface area (Å²) in [6.07, 6.45) is 0. The van der Waals surface area contributed by atoms with Crippen LogP contribution in [0.15, 0.2) is 41.3 Å². The fraction of sp³-hybridized carbons (Fsp3) is 0.167. The van der Waals surface area contributed by atoms with E-state index in [0.29, 0.717) is 18.5 Å². The van der Waals surface area contributed by atoms with Crippen molar-refractivity contribution >= 4 is 26.5 Å². The number of hydrogen-bond donors (Lipinski definition) is 3. The topological polar surface area (TPSA) is 98.2 Å². The van der Waals surface area contributed by atoms with E-state index in [2.05, 4.69) is 5.32 Å². The van der Waals surface area contributed by atoms with Crippen LogP contribution in [0.5, 0.6) is 0 Å². The zero-order chi connectivity index (χ0) is 13.2. The highest BCUT2D eigenvalue weighted by Gasteiger charge is 2.13. The van der Waals surface area contributed by atoms with Crippen molar-refractivity contribution in [2.24, 2.45) is 10.9 Å². The molecule has 0 saturated carbocycles. The van der Waals surface area contributed by atoms with Gasteiger partial charge in [0.25, 0.3) is 0 Å². The smallest absolute Gasteiger partial charge is 0.238 e. The summed E-state index contributed by atoms with van der Waals surface area (Å²) in [6.45, 7) is 1.13. The summed E-state index contributed by atoms with van der Waals surface area (Å²) in [4.78, 5) is 0.136. The van der Waals surface area contributed by atoms with Crippen molar-refractivity contribution in [3.8, 4) is 0 Å². The van der Waals surface area contributed by atoms with Crippen LogP contribution < -0.4 is 16.2 Å². The van der Waals surface area contributed by atoms with Gasteiger partial charge in [0.1, 0.15) is 0 Å². The number of nitrogens with two attached hydrogens (primary N) is 2. The zero-order valence-electron chi connectivity index (χ0n) is 9.76. The number of anilines is 1. The van der Waals surface area contributed by atoms with Crippen LogP contribution in [-0.2, 0) is 10.0 Å². The van der Waals surface area contributed by atoms with E-state index in [4.69, 9.17) is 10.9 Å². The van der Waals surface area contributed by atoms with E-state index in [-0.39, 0.29) is 4.90 Å². The molecule has 0 amide bonds. The SMILES string of the molecule is NCCNc1cccc2c(S(N)(=O)=O)cccc12. The molecule has 18 heavy (non-hydrogen) atoms. The fourth-order valence-corrected chi connectivity index (χ4v) is 2.64. The summed E-state index contributed by atoms with van der Waals surface area (Å²) in [5.74, 6) is 0. The molecule has 0 aliphatic carbocycles. The van der Waals surface area contributed by atoms with Gasteiger partial charge in [-0.05, 0) is 12.1 Å². The molecular formula is C12H15N3O2S. The quantitative estimate of drug-likeness (QED) is 0.763. The first-order valence-electron chi connectivity index (χ1n) is 5.52. The molecule has 2 rings (SSSR count). The Morgan fingerprint density at radius 2 is 1.72 bits per heavy atom. The Balaban J connectivity index is 2.66. The highest BCUT2D eigenvalue weighted by Crippen LogP contribution is 2.27. The lowest BCUT2D eigenvalue weighted by atomic mass is 10.1. The Hall–Kier alpha value is -1.63. The summed E-state index contributed by atoms with van der Waals surface area (Å²) in [5.41, 5.74) is 6.29. The van der Waals surface area contributed by atoms with Crippen LogP contribution in [0.25, 0.3) is 10.8 Å². The van der Waals surface area contributed by atoms with Crippen molar-refractivity contribution in [1.82, 2.24) is 0 Å². The van der Waals surface area contributed by atoms with Crippen molar-refractivity contribution in [2.75, 3.05) is 18.4 Å². The third kappa shape index (κ3) is 2.45. The van der Waals surface area contributed by atoms with E-state index in [1.54, 1.807) is 18.2 Å². The molecule has 5 nitrogen and oxygen atoms in total. The van der Waals surface area contributed by atoms with Gasteiger partial charge < -0.3 is 11.1 Å². The fourth-order valence-electron chi connectivity index (χ4n) is 1.89. The molecule has 0 unspecified atom stereocenters. The second-order valence-corrected chi connectivity index (χ2v) is 5.45. The Morgan fingerprint density at radius 3 is 2.39 bits per heavy atom. The Morgan fingerprint density at radius 1 is 1.06 bits per heavy atom. The summed E-state index contributed by atoms with van der Waals surface area (Å²) in [5, 5.41) is 9.79. The monoisotopic (exact) mass is 265 g/mol. The molecule has 2 aromatic carbocycles. The number of nitrogens with one attached hydrogen (secondary N) is 1. The number of hydrogen-bond acceptors (Lipinski definition) is 4. The van der Waals surface area contributed by atoms with Gasteiger partial charge in [-0.1, -0.05) is 24.3 Å². The average Bonchev–Trinajstić information content (AvgIpc) is 2.34. The van der Waals surface area contributed by atoms with Crippen LogP contribution in [0.3, 0.4) is 0 Å². The summed E-state index contributed by atoms with van der Waals surface area (Å²) < 4.78 is 23.0. The predicted octanol–water partition coefficient (Wildman–Crippen LogP) is 0.858. The van der Waals surface area contributed by atoms with Crippen LogP contribution in [0.4, 0.5) is 5.69 Å². The first-order valence-corrected chi connectivity index (χ1v) is 7.07. The van der Waals surface area contributed by atoms with Gasteiger partial charge in [0.15, 0.2) is 0 Å². The Kier molecular flexibility index (Phi) is 3.51. The van der Waals surface area contributed by atoms with E-state index >= 15 is 0 Å². The molecule has 96 valence electrons.